The van der Waals surface area contributed by atoms with Gasteiger partial charge in [-0.2, -0.15) is 0 Å². The van der Waals surface area contributed by atoms with Gasteiger partial charge in [0.15, 0.2) is 0 Å². The number of aryl methyl sites for hydroxylation is 2. The molecular weight excluding hydrogens is 271 g/mol. The van der Waals surface area contributed by atoms with Crippen molar-refractivity contribution < 1.29 is 4.39 Å². The molecule has 0 spiro atoms. The van der Waals surface area contributed by atoms with E-state index in [0.29, 0.717) is 5.56 Å². The molecule has 0 aliphatic rings. The van der Waals surface area contributed by atoms with Crippen molar-refractivity contribution in [2.75, 3.05) is 0 Å². The van der Waals surface area contributed by atoms with Crippen LogP contribution in [0.5, 0.6) is 0 Å². The van der Waals surface area contributed by atoms with Gasteiger partial charge in [0.2, 0.25) is 0 Å². The summed E-state index contributed by atoms with van der Waals surface area (Å²) in [4.78, 5) is 0. The van der Waals surface area contributed by atoms with E-state index in [1.165, 1.54) is 24.8 Å². The molecule has 0 N–H and O–H groups in total. The number of unbranched alkanes of at least 4 members (excludes halogenated alkanes) is 3. The highest BCUT2D eigenvalue weighted by molar-refractivity contribution is 5.64. The Bertz CT molecular complexity index is 569. The van der Waals surface area contributed by atoms with E-state index in [0.717, 1.165) is 36.8 Å². The van der Waals surface area contributed by atoms with Crippen LogP contribution >= 0.6 is 0 Å². The maximum absolute atomic E-state index is 14.4. The number of hydrogen-bond donors (Lipinski definition) is 0. The largest absolute Gasteiger partial charge is 0.206 e. The number of benzene rings is 2. The van der Waals surface area contributed by atoms with Crippen molar-refractivity contribution in [1.29, 1.82) is 0 Å². The topological polar surface area (TPSA) is 0 Å². The molecule has 0 aliphatic carbocycles. The smallest absolute Gasteiger partial charge is 0.131 e. The molecule has 0 aliphatic heterocycles. The SMILES string of the molecule is CCCCCCc1ccc(-c2ccc(CCC)cc2)c(F)c1. The van der Waals surface area contributed by atoms with Crippen LogP contribution < -0.4 is 0 Å². The predicted octanol–water partition coefficient (Wildman–Crippen LogP) is 6.57. The summed E-state index contributed by atoms with van der Waals surface area (Å²) in [5.41, 5.74) is 4.11. The zero-order valence-electron chi connectivity index (χ0n) is 13.9. The molecule has 0 atom stereocenters. The second-order valence-electron chi connectivity index (χ2n) is 6.07. The second-order valence-corrected chi connectivity index (χ2v) is 6.07. The molecule has 0 saturated carbocycles. The lowest BCUT2D eigenvalue weighted by Gasteiger charge is -2.08. The van der Waals surface area contributed by atoms with E-state index in [9.17, 15) is 4.39 Å². The van der Waals surface area contributed by atoms with Gasteiger partial charge in [-0.3, -0.25) is 0 Å². The number of hydrogen-bond acceptors (Lipinski definition) is 0. The summed E-state index contributed by atoms with van der Waals surface area (Å²) < 4.78 is 14.4. The maximum Gasteiger partial charge on any atom is 0.131 e. The third-order valence-electron chi connectivity index (χ3n) is 4.16. The van der Waals surface area contributed by atoms with Crippen LogP contribution in [0.25, 0.3) is 11.1 Å². The summed E-state index contributed by atoms with van der Waals surface area (Å²) in [6, 6.07) is 14.0. The fourth-order valence-electron chi connectivity index (χ4n) is 2.84. The van der Waals surface area contributed by atoms with Gasteiger partial charge in [-0.15, -0.1) is 0 Å². The van der Waals surface area contributed by atoms with Crippen LogP contribution in [-0.4, -0.2) is 0 Å². The molecule has 0 fully saturated rings. The van der Waals surface area contributed by atoms with Gasteiger partial charge < -0.3 is 0 Å². The quantitative estimate of drug-likeness (QED) is 0.484. The van der Waals surface area contributed by atoms with Gasteiger partial charge in [-0.05, 0) is 42.0 Å². The monoisotopic (exact) mass is 298 g/mol. The third kappa shape index (κ3) is 4.69. The van der Waals surface area contributed by atoms with E-state index in [1.807, 2.05) is 18.2 Å². The highest BCUT2D eigenvalue weighted by Gasteiger charge is 2.06. The van der Waals surface area contributed by atoms with E-state index in [4.69, 9.17) is 0 Å². The van der Waals surface area contributed by atoms with Crippen LogP contribution in [0.2, 0.25) is 0 Å². The van der Waals surface area contributed by atoms with E-state index in [1.54, 1.807) is 6.07 Å². The minimum absolute atomic E-state index is 0.101. The summed E-state index contributed by atoms with van der Waals surface area (Å²) in [6.45, 7) is 4.38. The molecule has 0 radical (unpaired) electrons. The normalized spacial score (nSPS) is 10.9. The van der Waals surface area contributed by atoms with Crippen molar-refractivity contribution >= 4 is 0 Å². The lowest BCUT2D eigenvalue weighted by Crippen LogP contribution is -1.91. The molecule has 0 aromatic heterocycles. The lowest BCUT2D eigenvalue weighted by atomic mass is 9.99. The Morgan fingerprint density at radius 3 is 2.09 bits per heavy atom. The summed E-state index contributed by atoms with van der Waals surface area (Å²) in [6.07, 6.45) is 8.09. The van der Waals surface area contributed by atoms with Gasteiger partial charge in [0.25, 0.3) is 0 Å². The molecule has 0 nitrogen and oxygen atoms in total. The molecular formula is C21H27F. The molecule has 0 saturated heterocycles. The average Bonchev–Trinajstić information content (AvgIpc) is 2.53. The molecule has 0 bridgehead atoms. The van der Waals surface area contributed by atoms with Gasteiger partial charge in [0.05, 0.1) is 0 Å². The highest BCUT2D eigenvalue weighted by Crippen LogP contribution is 2.25. The molecule has 2 aromatic rings. The van der Waals surface area contributed by atoms with Crippen LogP contribution in [-0.2, 0) is 12.8 Å². The van der Waals surface area contributed by atoms with Crippen molar-refractivity contribution in [2.45, 2.75) is 58.8 Å². The standard InChI is InChI=1S/C21H27F/c1-3-5-6-7-9-18-12-15-20(21(22)16-18)19-13-10-17(8-4-2)11-14-19/h10-16H,3-9H2,1-2H3. The van der Waals surface area contributed by atoms with E-state index in [2.05, 4.69) is 32.0 Å². The Labute approximate surface area is 134 Å². The van der Waals surface area contributed by atoms with Gasteiger partial charge in [-0.25, -0.2) is 4.39 Å². The minimum atomic E-state index is -0.101. The first-order valence-electron chi connectivity index (χ1n) is 8.62. The van der Waals surface area contributed by atoms with Crippen LogP contribution in [0.15, 0.2) is 42.5 Å². The Kier molecular flexibility index (Phi) is 6.64. The fraction of sp³-hybridized carbons (Fsp3) is 0.429. The summed E-state index contributed by atoms with van der Waals surface area (Å²) >= 11 is 0. The van der Waals surface area contributed by atoms with Gasteiger partial charge in [0.1, 0.15) is 5.82 Å². The van der Waals surface area contributed by atoms with Crippen LogP contribution in [0.1, 0.15) is 57.1 Å². The van der Waals surface area contributed by atoms with Crippen LogP contribution in [0.4, 0.5) is 4.39 Å². The fourth-order valence-corrected chi connectivity index (χ4v) is 2.84. The molecule has 0 unspecified atom stereocenters. The minimum Gasteiger partial charge on any atom is -0.206 e. The Balaban J connectivity index is 2.05. The third-order valence-corrected chi connectivity index (χ3v) is 4.16. The Hall–Kier alpha value is -1.63. The van der Waals surface area contributed by atoms with Crippen molar-refractivity contribution in [3.05, 3.63) is 59.4 Å². The van der Waals surface area contributed by atoms with E-state index in [-0.39, 0.29) is 5.82 Å². The van der Waals surface area contributed by atoms with E-state index < -0.39 is 0 Å². The lowest BCUT2D eigenvalue weighted by molar-refractivity contribution is 0.624. The average molecular weight is 298 g/mol. The predicted molar refractivity (Wildman–Crippen MR) is 93.7 cm³/mol. The molecule has 0 amide bonds. The second kappa shape index (κ2) is 8.73. The van der Waals surface area contributed by atoms with Crippen molar-refractivity contribution in [3.63, 3.8) is 0 Å². The maximum atomic E-state index is 14.4. The van der Waals surface area contributed by atoms with Gasteiger partial charge >= 0.3 is 0 Å². The van der Waals surface area contributed by atoms with Gasteiger partial charge in [-0.1, -0.05) is 75.9 Å². The Morgan fingerprint density at radius 2 is 1.45 bits per heavy atom. The number of halogens is 1. The molecule has 22 heavy (non-hydrogen) atoms. The first-order valence-corrected chi connectivity index (χ1v) is 8.62. The van der Waals surface area contributed by atoms with Crippen LogP contribution in [0, 0.1) is 5.82 Å². The van der Waals surface area contributed by atoms with Crippen molar-refractivity contribution in [3.8, 4) is 11.1 Å². The number of rotatable bonds is 8. The summed E-state index contributed by atoms with van der Waals surface area (Å²) in [5, 5.41) is 0. The highest BCUT2D eigenvalue weighted by atomic mass is 19.1. The zero-order valence-corrected chi connectivity index (χ0v) is 13.9. The molecule has 0 heterocycles. The zero-order chi connectivity index (χ0) is 15.8. The summed E-state index contributed by atoms with van der Waals surface area (Å²) in [7, 11) is 0. The molecule has 1 heteroatoms. The first-order chi connectivity index (χ1) is 10.7. The molecule has 2 aromatic carbocycles. The van der Waals surface area contributed by atoms with Crippen LogP contribution in [0.3, 0.4) is 0 Å². The van der Waals surface area contributed by atoms with Crippen molar-refractivity contribution in [1.82, 2.24) is 0 Å². The van der Waals surface area contributed by atoms with Gasteiger partial charge in [0, 0.05) is 5.56 Å². The van der Waals surface area contributed by atoms with Crippen molar-refractivity contribution in [2.24, 2.45) is 0 Å². The first kappa shape index (κ1) is 16.7. The molecule has 118 valence electrons. The van der Waals surface area contributed by atoms with E-state index >= 15 is 0 Å². The Morgan fingerprint density at radius 1 is 0.727 bits per heavy atom. The summed E-state index contributed by atoms with van der Waals surface area (Å²) in [5.74, 6) is -0.101. The molecule has 2 rings (SSSR count).